The number of carbonyl (C=O) groups is 1. The second-order valence-electron chi connectivity index (χ2n) is 7.53. The predicted octanol–water partition coefficient (Wildman–Crippen LogP) is 1.84. The van der Waals surface area contributed by atoms with E-state index in [-0.39, 0.29) is 23.4 Å². The van der Waals surface area contributed by atoms with Crippen LogP contribution >= 0.6 is 0 Å². The minimum Gasteiger partial charge on any atom is -0.354 e. The number of likely N-dealkylation sites (tertiary alicyclic amines) is 1. The van der Waals surface area contributed by atoms with Crippen LogP contribution in [0.15, 0.2) is 0 Å². The Morgan fingerprint density at radius 1 is 1.30 bits per heavy atom. The maximum absolute atomic E-state index is 12.0. The van der Waals surface area contributed by atoms with Crippen LogP contribution in [0, 0.1) is 17.8 Å². The first-order valence-corrected chi connectivity index (χ1v) is 7.92. The zero-order valence-electron chi connectivity index (χ0n) is 14.1. The summed E-state index contributed by atoms with van der Waals surface area (Å²) in [7, 11) is 0. The van der Waals surface area contributed by atoms with Crippen LogP contribution in [0.1, 0.15) is 48.0 Å². The fourth-order valence-corrected chi connectivity index (χ4v) is 2.97. The third kappa shape index (κ3) is 4.74. The fraction of sp³-hybridized carbons (Fsp3) is 0.938. The van der Waals surface area contributed by atoms with Gasteiger partial charge in [-0.15, -0.1) is 0 Å². The molecule has 0 aliphatic carbocycles. The summed E-state index contributed by atoms with van der Waals surface area (Å²) in [5, 5.41) is 3.07. The maximum Gasteiger partial charge on any atom is 0.224 e. The summed E-state index contributed by atoms with van der Waals surface area (Å²) < 4.78 is 0. The van der Waals surface area contributed by atoms with E-state index in [4.69, 9.17) is 5.73 Å². The lowest BCUT2D eigenvalue weighted by molar-refractivity contribution is -0.125. The summed E-state index contributed by atoms with van der Waals surface area (Å²) in [4.78, 5) is 14.5. The summed E-state index contributed by atoms with van der Waals surface area (Å²) in [5.41, 5.74) is 5.78. The van der Waals surface area contributed by atoms with Gasteiger partial charge >= 0.3 is 0 Å². The third-order valence-electron chi connectivity index (χ3n) is 4.62. The number of nitrogens with one attached hydrogen (secondary N) is 1. The Morgan fingerprint density at radius 3 is 2.25 bits per heavy atom. The predicted molar refractivity (Wildman–Crippen MR) is 84.4 cm³/mol. The number of hydrogen-bond acceptors (Lipinski definition) is 3. The Morgan fingerprint density at radius 2 is 1.80 bits per heavy atom. The van der Waals surface area contributed by atoms with E-state index in [1.807, 2.05) is 13.8 Å². The molecule has 0 aromatic carbocycles. The number of amides is 1. The normalized spacial score (nSPS) is 27.9. The second-order valence-corrected chi connectivity index (χ2v) is 7.53. The van der Waals surface area contributed by atoms with Crippen LogP contribution in [-0.2, 0) is 4.79 Å². The van der Waals surface area contributed by atoms with Gasteiger partial charge in [-0.2, -0.15) is 0 Å². The minimum absolute atomic E-state index is 0.00381. The Bertz CT molecular complexity index is 318. The van der Waals surface area contributed by atoms with Gasteiger partial charge in [-0.25, -0.2) is 0 Å². The zero-order chi connectivity index (χ0) is 15.5. The largest absolute Gasteiger partial charge is 0.354 e. The molecule has 0 bridgehead atoms. The molecule has 0 aromatic rings. The van der Waals surface area contributed by atoms with E-state index in [0.717, 1.165) is 24.9 Å². The molecule has 1 rings (SSSR count). The van der Waals surface area contributed by atoms with E-state index < -0.39 is 0 Å². The minimum atomic E-state index is -0.134. The summed E-state index contributed by atoms with van der Waals surface area (Å²) in [6.45, 7) is 15.8. The number of nitrogens with zero attached hydrogens (tertiary/aromatic N) is 1. The van der Waals surface area contributed by atoms with Crippen molar-refractivity contribution in [1.82, 2.24) is 10.2 Å². The molecule has 0 spiro atoms. The number of carbonyl (C=O) groups excluding carboxylic acids is 1. The van der Waals surface area contributed by atoms with E-state index >= 15 is 0 Å². The highest BCUT2D eigenvalue weighted by molar-refractivity contribution is 5.79. The summed E-state index contributed by atoms with van der Waals surface area (Å²) in [5.74, 6) is 1.39. The number of piperidine rings is 1. The number of rotatable bonds is 5. The highest BCUT2D eigenvalue weighted by atomic mass is 16.1. The average Bonchev–Trinajstić information content (AvgIpc) is 2.33. The molecule has 1 fully saturated rings. The van der Waals surface area contributed by atoms with Crippen LogP contribution < -0.4 is 11.1 Å². The highest BCUT2D eigenvalue weighted by Gasteiger charge is 2.33. The monoisotopic (exact) mass is 283 g/mol. The Kier molecular flexibility index (Phi) is 6.02. The van der Waals surface area contributed by atoms with Crippen molar-refractivity contribution in [3.05, 3.63) is 0 Å². The third-order valence-corrected chi connectivity index (χ3v) is 4.62. The molecule has 4 unspecified atom stereocenters. The van der Waals surface area contributed by atoms with Gasteiger partial charge in [0.15, 0.2) is 0 Å². The van der Waals surface area contributed by atoms with Gasteiger partial charge in [0, 0.05) is 37.1 Å². The first-order valence-electron chi connectivity index (χ1n) is 7.92. The lowest BCUT2D eigenvalue weighted by Gasteiger charge is -2.45. The first-order chi connectivity index (χ1) is 9.13. The van der Waals surface area contributed by atoms with Gasteiger partial charge in [0.1, 0.15) is 0 Å². The molecule has 0 aromatic heterocycles. The quantitative estimate of drug-likeness (QED) is 0.809. The van der Waals surface area contributed by atoms with E-state index in [9.17, 15) is 4.79 Å². The SMILES string of the molecule is CC1CC(C)CN(C(C)(C)CNC(=O)C(C)C(C)N)C1. The molecule has 1 heterocycles. The van der Waals surface area contributed by atoms with Crippen molar-refractivity contribution in [2.75, 3.05) is 19.6 Å². The molecular formula is C16H33N3O. The molecule has 20 heavy (non-hydrogen) atoms. The van der Waals surface area contributed by atoms with Gasteiger partial charge in [-0.1, -0.05) is 20.8 Å². The lowest BCUT2D eigenvalue weighted by Crippen LogP contribution is -2.56. The van der Waals surface area contributed by atoms with Gasteiger partial charge in [0.25, 0.3) is 0 Å². The van der Waals surface area contributed by atoms with Crippen molar-refractivity contribution in [2.24, 2.45) is 23.5 Å². The van der Waals surface area contributed by atoms with E-state index in [0.29, 0.717) is 6.54 Å². The van der Waals surface area contributed by atoms with Crippen LogP contribution in [0.25, 0.3) is 0 Å². The Balaban J connectivity index is 2.54. The molecule has 118 valence electrons. The Labute approximate surface area is 124 Å². The van der Waals surface area contributed by atoms with Crippen molar-refractivity contribution >= 4 is 5.91 Å². The van der Waals surface area contributed by atoms with Crippen molar-refractivity contribution in [3.63, 3.8) is 0 Å². The fourth-order valence-electron chi connectivity index (χ4n) is 2.97. The van der Waals surface area contributed by atoms with E-state index in [1.54, 1.807) is 0 Å². The summed E-state index contributed by atoms with van der Waals surface area (Å²) >= 11 is 0. The van der Waals surface area contributed by atoms with Crippen LogP contribution in [0.2, 0.25) is 0 Å². The van der Waals surface area contributed by atoms with Gasteiger partial charge < -0.3 is 11.1 Å². The molecule has 4 atom stereocenters. The first kappa shape index (κ1) is 17.4. The van der Waals surface area contributed by atoms with Crippen LogP contribution in [0.3, 0.4) is 0 Å². The zero-order valence-corrected chi connectivity index (χ0v) is 14.1. The molecule has 4 nitrogen and oxygen atoms in total. The second kappa shape index (κ2) is 6.90. The van der Waals surface area contributed by atoms with Crippen molar-refractivity contribution < 1.29 is 4.79 Å². The topological polar surface area (TPSA) is 58.4 Å². The van der Waals surface area contributed by atoms with Crippen molar-refractivity contribution in [2.45, 2.75) is 59.5 Å². The van der Waals surface area contributed by atoms with Crippen molar-refractivity contribution in [3.8, 4) is 0 Å². The summed E-state index contributed by atoms with van der Waals surface area (Å²) in [6, 6.07) is -0.104. The molecule has 1 amide bonds. The summed E-state index contributed by atoms with van der Waals surface area (Å²) in [6.07, 6.45) is 1.31. The van der Waals surface area contributed by atoms with E-state index in [1.165, 1.54) is 6.42 Å². The number of nitrogens with two attached hydrogens (primary N) is 1. The lowest BCUT2D eigenvalue weighted by atomic mass is 9.88. The molecule has 1 saturated heterocycles. The Hall–Kier alpha value is -0.610. The molecule has 0 saturated carbocycles. The van der Waals surface area contributed by atoms with Crippen LogP contribution in [0.4, 0.5) is 0 Å². The smallest absolute Gasteiger partial charge is 0.224 e. The number of hydrogen-bond donors (Lipinski definition) is 2. The van der Waals surface area contributed by atoms with Gasteiger partial charge in [0.05, 0.1) is 0 Å². The van der Waals surface area contributed by atoms with Gasteiger partial charge in [-0.3, -0.25) is 9.69 Å². The molecule has 1 aliphatic rings. The molecule has 0 radical (unpaired) electrons. The van der Waals surface area contributed by atoms with Crippen LogP contribution in [0.5, 0.6) is 0 Å². The van der Waals surface area contributed by atoms with Gasteiger partial charge in [0.2, 0.25) is 5.91 Å². The average molecular weight is 283 g/mol. The molecule has 4 heteroatoms. The standard InChI is InChI=1S/C16H33N3O/c1-11-7-12(2)9-19(8-11)16(5,6)10-18-15(20)13(3)14(4)17/h11-14H,7-10,17H2,1-6H3,(H,18,20). The van der Waals surface area contributed by atoms with E-state index in [2.05, 4.69) is 37.9 Å². The maximum atomic E-state index is 12.0. The van der Waals surface area contributed by atoms with Crippen LogP contribution in [-0.4, -0.2) is 42.0 Å². The van der Waals surface area contributed by atoms with Gasteiger partial charge in [-0.05, 0) is 39.0 Å². The molecule has 1 aliphatic heterocycles. The highest BCUT2D eigenvalue weighted by Crippen LogP contribution is 2.26. The molecule has 3 N–H and O–H groups in total. The van der Waals surface area contributed by atoms with Crippen molar-refractivity contribution in [1.29, 1.82) is 0 Å². The molecular weight excluding hydrogens is 250 g/mol.